The van der Waals surface area contributed by atoms with Crippen molar-refractivity contribution in [2.45, 2.75) is 25.4 Å². The lowest BCUT2D eigenvalue weighted by Gasteiger charge is -2.14. The third-order valence-electron chi connectivity index (χ3n) is 3.75. The molecule has 1 unspecified atom stereocenters. The van der Waals surface area contributed by atoms with Crippen LogP contribution in [0.4, 0.5) is 0 Å². The van der Waals surface area contributed by atoms with Crippen LogP contribution < -0.4 is 5.32 Å². The molecule has 0 amide bonds. The van der Waals surface area contributed by atoms with Gasteiger partial charge in [0.15, 0.2) is 0 Å². The first-order valence-corrected chi connectivity index (χ1v) is 6.68. The molecular weight excluding hydrogens is 238 g/mol. The highest BCUT2D eigenvalue weighted by Crippen LogP contribution is 2.33. The fourth-order valence-electron chi connectivity index (χ4n) is 2.55. The van der Waals surface area contributed by atoms with E-state index in [1.165, 1.54) is 10.8 Å². The molecule has 3 rings (SSSR count). The fourth-order valence-corrected chi connectivity index (χ4v) is 2.55. The molecule has 1 saturated carbocycles. The number of hydrogen-bond donors (Lipinski definition) is 2. The monoisotopic (exact) mass is 255 g/mol. The molecule has 0 saturated heterocycles. The molecule has 19 heavy (non-hydrogen) atoms. The van der Waals surface area contributed by atoms with Gasteiger partial charge in [0.25, 0.3) is 0 Å². The third-order valence-corrected chi connectivity index (χ3v) is 3.75. The zero-order valence-electron chi connectivity index (χ0n) is 10.7. The molecule has 3 heteroatoms. The van der Waals surface area contributed by atoms with Crippen LogP contribution in [0.15, 0.2) is 42.5 Å². The van der Waals surface area contributed by atoms with Crippen LogP contribution in [0.5, 0.6) is 0 Å². The molecule has 2 N–H and O–H groups in total. The van der Waals surface area contributed by atoms with Crippen molar-refractivity contribution in [3.8, 4) is 0 Å². The van der Waals surface area contributed by atoms with Crippen molar-refractivity contribution in [2.24, 2.45) is 5.92 Å². The first-order chi connectivity index (χ1) is 9.25. The van der Waals surface area contributed by atoms with E-state index in [4.69, 9.17) is 0 Å². The molecule has 0 aromatic heterocycles. The molecule has 0 bridgehead atoms. The Balaban J connectivity index is 1.79. The number of benzene rings is 2. The van der Waals surface area contributed by atoms with Crippen LogP contribution in [-0.2, 0) is 11.3 Å². The second-order valence-electron chi connectivity index (χ2n) is 5.17. The van der Waals surface area contributed by atoms with Gasteiger partial charge in [0, 0.05) is 6.54 Å². The number of carboxylic acids is 1. The van der Waals surface area contributed by atoms with Crippen LogP contribution >= 0.6 is 0 Å². The normalized spacial score (nSPS) is 16.4. The predicted octanol–water partition coefficient (Wildman–Crippen LogP) is 2.79. The molecular formula is C16H17NO2. The van der Waals surface area contributed by atoms with E-state index >= 15 is 0 Å². The van der Waals surface area contributed by atoms with Gasteiger partial charge in [-0.1, -0.05) is 42.5 Å². The standard InChI is InChI=1S/C16H17NO2/c18-16(19)15(12-8-9-12)17-10-13-6-3-5-11-4-1-2-7-14(11)13/h1-7,12,15,17H,8-10H2,(H,18,19). The summed E-state index contributed by atoms with van der Waals surface area (Å²) in [6.45, 7) is 0.606. The van der Waals surface area contributed by atoms with Crippen LogP contribution in [0.1, 0.15) is 18.4 Å². The van der Waals surface area contributed by atoms with Crippen LogP contribution in [0, 0.1) is 5.92 Å². The maximum absolute atomic E-state index is 11.2. The van der Waals surface area contributed by atoms with Gasteiger partial charge in [0.2, 0.25) is 0 Å². The highest BCUT2D eigenvalue weighted by Gasteiger charge is 2.35. The highest BCUT2D eigenvalue weighted by molar-refractivity contribution is 5.85. The smallest absolute Gasteiger partial charge is 0.320 e. The summed E-state index contributed by atoms with van der Waals surface area (Å²) in [4.78, 5) is 11.2. The number of carboxylic acid groups (broad SMARTS) is 1. The van der Waals surface area contributed by atoms with Crippen LogP contribution in [0.3, 0.4) is 0 Å². The van der Waals surface area contributed by atoms with Crippen LogP contribution in [-0.4, -0.2) is 17.1 Å². The van der Waals surface area contributed by atoms with Crippen LogP contribution in [0.2, 0.25) is 0 Å². The van der Waals surface area contributed by atoms with Crippen molar-refractivity contribution in [1.82, 2.24) is 5.32 Å². The lowest BCUT2D eigenvalue weighted by Crippen LogP contribution is -2.38. The zero-order chi connectivity index (χ0) is 13.2. The van der Waals surface area contributed by atoms with Crippen molar-refractivity contribution in [2.75, 3.05) is 0 Å². The predicted molar refractivity (Wildman–Crippen MR) is 74.9 cm³/mol. The number of rotatable bonds is 5. The van der Waals surface area contributed by atoms with E-state index in [1.807, 2.05) is 18.2 Å². The van der Waals surface area contributed by atoms with Gasteiger partial charge in [-0.2, -0.15) is 0 Å². The van der Waals surface area contributed by atoms with Crippen molar-refractivity contribution < 1.29 is 9.90 Å². The molecule has 2 aromatic carbocycles. The topological polar surface area (TPSA) is 49.3 Å². The van der Waals surface area contributed by atoms with E-state index < -0.39 is 12.0 Å². The second-order valence-corrected chi connectivity index (χ2v) is 5.17. The van der Waals surface area contributed by atoms with Crippen molar-refractivity contribution in [3.63, 3.8) is 0 Å². The minimum absolute atomic E-state index is 0.312. The van der Waals surface area contributed by atoms with Crippen molar-refractivity contribution in [3.05, 3.63) is 48.0 Å². The molecule has 98 valence electrons. The summed E-state index contributed by atoms with van der Waals surface area (Å²) >= 11 is 0. The Labute approximate surface area is 112 Å². The summed E-state index contributed by atoms with van der Waals surface area (Å²) in [5.41, 5.74) is 1.16. The number of fused-ring (bicyclic) bond motifs is 1. The molecule has 1 aliphatic rings. The van der Waals surface area contributed by atoms with Gasteiger partial charge in [-0.05, 0) is 35.1 Å². The lowest BCUT2D eigenvalue weighted by atomic mass is 10.0. The minimum atomic E-state index is -0.734. The lowest BCUT2D eigenvalue weighted by molar-refractivity contribution is -0.140. The summed E-state index contributed by atoms with van der Waals surface area (Å²) in [5, 5.41) is 14.8. The highest BCUT2D eigenvalue weighted by atomic mass is 16.4. The second kappa shape index (κ2) is 5.02. The van der Waals surface area contributed by atoms with E-state index in [9.17, 15) is 9.90 Å². The largest absolute Gasteiger partial charge is 0.480 e. The Bertz CT molecular complexity index is 599. The Morgan fingerprint density at radius 3 is 2.68 bits per heavy atom. The minimum Gasteiger partial charge on any atom is -0.480 e. The molecule has 0 radical (unpaired) electrons. The van der Waals surface area contributed by atoms with Gasteiger partial charge in [-0.15, -0.1) is 0 Å². The molecule has 2 aromatic rings. The summed E-state index contributed by atoms with van der Waals surface area (Å²) in [5.74, 6) is -0.421. The first-order valence-electron chi connectivity index (χ1n) is 6.68. The Morgan fingerprint density at radius 1 is 1.21 bits per heavy atom. The summed E-state index contributed by atoms with van der Waals surface area (Å²) < 4.78 is 0. The molecule has 0 heterocycles. The van der Waals surface area contributed by atoms with Gasteiger partial charge >= 0.3 is 5.97 Å². The quantitative estimate of drug-likeness (QED) is 0.863. The maximum Gasteiger partial charge on any atom is 0.320 e. The van der Waals surface area contributed by atoms with Crippen molar-refractivity contribution >= 4 is 16.7 Å². The SMILES string of the molecule is O=C(O)C(NCc1cccc2ccccc12)C1CC1. The fraction of sp³-hybridized carbons (Fsp3) is 0.312. The van der Waals surface area contributed by atoms with Gasteiger partial charge in [0.1, 0.15) is 6.04 Å². The van der Waals surface area contributed by atoms with Gasteiger partial charge in [-0.3, -0.25) is 4.79 Å². The van der Waals surface area contributed by atoms with Gasteiger partial charge < -0.3 is 10.4 Å². The number of nitrogens with one attached hydrogen (secondary N) is 1. The molecule has 1 fully saturated rings. The Hall–Kier alpha value is -1.87. The van der Waals surface area contributed by atoms with E-state index in [0.29, 0.717) is 12.5 Å². The van der Waals surface area contributed by atoms with E-state index in [2.05, 4.69) is 29.6 Å². The van der Waals surface area contributed by atoms with Crippen molar-refractivity contribution in [1.29, 1.82) is 0 Å². The maximum atomic E-state index is 11.2. The first kappa shape index (κ1) is 12.2. The summed E-state index contributed by atoms with van der Waals surface area (Å²) in [7, 11) is 0. The molecule has 0 spiro atoms. The molecule has 3 nitrogen and oxygen atoms in total. The molecule has 0 aliphatic heterocycles. The Kier molecular flexibility index (Phi) is 3.22. The third kappa shape index (κ3) is 2.61. The average Bonchev–Trinajstić information content (AvgIpc) is 3.23. The number of hydrogen-bond acceptors (Lipinski definition) is 2. The Morgan fingerprint density at radius 2 is 1.95 bits per heavy atom. The van der Waals surface area contributed by atoms with Crippen LogP contribution in [0.25, 0.3) is 10.8 Å². The van der Waals surface area contributed by atoms with Gasteiger partial charge in [-0.25, -0.2) is 0 Å². The summed E-state index contributed by atoms with van der Waals surface area (Å²) in [6, 6.07) is 13.9. The van der Waals surface area contributed by atoms with Gasteiger partial charge in [0.05, 0.1) is 0 Å². The zero-order valence-corrected chi connectivity index (χ0v) is 10.7. The molecule has 1 atom stereocenters. The van der Waals surface area contributed by atoms with E-state index in [1.54, 1.807) is 0 Å². The molecule has 1 aliphatic carbocycles. The van der Waals surface area contributed by atoms with E-state index in [0.717, 1.165) is 18.4 Å². The number of carbonyl (C=O) groups is 1. The summed E-state index contributed by atoms with van der Waals surface area (Å²) in [6.07, 6.45) is 2.05. The number of aliphatic carboxylic acids is 1. The van der Waals surface area contributed by atoms with E-state index in [-0.39, 0.29) is 0 Å². The average molecular weight is 255 g/mol.